The highest BCUT2D eigenvalue weighted by molar-refractivity contribution is 7.89. The van der Waals surface area contributed by atoms with Crippen LogP contribution in [-0.4, -0.2) is 31.1 Å². The molecule has 0 saturated carbocycles. The predicted octanol–water partition coefficient (Wildman–Crippen LogP) is 5.75. The van der Waals surface area contributed by atoms with E-state index in [1.54, 1.807) is 16.4 Å². The van der Waals surface area contributed by atoms with Crippen LogP contribution in [0.4, 0.5) is 0 Å². The molecule has 3 aromatic rings. The SMILES string of the molecule is CC[C@H]1C(c2ccccc2)=C(C(=O)c2ccccc2)[C@@H](C)CN1S(=O)(=O)c1ccc(C)cc1. The van der Waals surface area contributed by atoms with E-state index in [-0.39, 0.29) is 23.1 Å². The quantitative estimate of drug-likeness (QED) is 0.441. The van der Waals surface area contributed by atoms with E-state index in [2.05, 4.69) is 0 Å². The van der Waals surface area contributed by atoms with Crippen LogP contribution in [0.3, 0.4) is 0 Å². The number of hydrogen-bond donors (Lipinski definition) is 0. The van der Waals surface area contributed by atoms with Gasteiger partial charge in [-0.15, -0.1) is 0 Å². The van der Waals surface area contributed by atoms with E-state index in [4.69, 9.17) is 0 Å². The number of sulfonamides is 1. The Morgan fingerprint density at radius 2 is 1.48 bits per heavy atom. The fourth-order valence-electron chi connectivity index (χ4n) is 4.65. The first kappa shape index (κ1) is 23.1. The molecular formula is C28H29NO3S. The van der Waals surface area contributed by atoms with Crippen LogP contribution in [0.5, 0.6) is 0 Å². The van der Waals surface area contributed by atoms with Gasteiger partial charge in [0.2, 0.25) is 10.0 Å². The lowest BCUT2D eigenvalue weighted by Crippen LogP contribution is -2.48. The first-order valence-electron chi connectivity index (χ1n) is 11.3. The average molecular weight is 460 g/mol. The average Bonchev–Trinajstić information content (AvgIpc) is 2.84. The molecule has 0 unspecified atom stereocenters. The van der Waals surface area contributed by atoms with Crippen molar-refractivity contribution in [2.24, 2.45) is 5.92 Å². The summed E-state index contributed by atoms with van der Waals surface area (Å²) in [5.74, 6) is -0.288. The maximum Gasteiger partial charge on any atom is 0.243 e. The number of carbonyl (C=O) groups is 1. The van der Waals surface area contributed by atoms with Gasteiger partial charge in [0.25, 0.3) is 0 Å². The van der Waals surface area contributed by atoms with Crippen molar-refractivity contribution in [3.8, 4) is 0 Å². The van der Waals surface area contributed by atoms with E-state index in [1.165, 1.54) is 0 Å². The van der Waals surface area contributed by atoms with Gasteiger partial charge in [0.15, 0.2) is 5.78 Å². The Labute approximate surface area is 196 Å². The lowest BCUT2D eigenvalue weighted by molar-refractivity contribution is 0.101. The van der Waals surface area contributed by atoms with Crippen LogP contribution >= 0.6 is 0 Å². The topological polar surface area (TPSA) is 54.5 Å². The molecule has 170 valence electrons. The largest absolute Gasteiger partial charge is 0.289 e. The number of nitrogens with zero attached hydrogens (tertiary/aromatic N) is 1. The van der Waals surface area contributed by atoms with Gasteiger partial charge in [-0.1, -0.05) is 92.2 Å². The highest BCUT2D eigenvalue weighted by Crippen LogP contribution is 2.40. The molecule has 1 heterocycles. The summed E-state index contributed by atoms with van der Waals surface area (Å²) in [5, 5.41) is 0. The van der Waals surface area contributed by atoms with E-state index in [0.717, 1.165) is 16.7 Å². The van der Waals surface area contributed by atoms with Crippen LogP contribution in [0.2, 0.25) is 0 Å². The molecule has 0 aliphatic carbocycles. The first-order chi connectivity index (χ1) is 15.8. The van der Waals surface area contributed by atoms with Crippen molar-refractivity contribution in [2.75, 3.05) is 6.54 Å². The zero-order valence-corrected chi connectivity index (χ0v) is 20.0. The van der Waals surface area contributed by atoms with E-state index < -0.39 is 16.1 Å². The third kappa shape index (κ3) is 4.43. The van der Waals surface area contributed by atoms with E-state index in [0.29, 0.717) is 17.6 Å². The highest BCUT2D eigenvalue weighted by atomic mass is 32.2. The van der Waals surface area contributed by atoms with Gasteiger partial charge in [-0.25, -0.2) is 8.42 Å². The Balaban J connectivity index is 1.90. The van der Waals surface area contributed by atoms with Crippen molar-refractivity contribution >= 4 is 21.4 Å². The molecule has 0 amide bonds. The maximum absolute atomic E-state index is 13.8. The second-order valence-electron chi connectivity index (χ2n) is 8.60. The number of rotatable bonds is 6. The van der Waals surface area contributed by atoms with Crippen LogP contribution in [-0.2, 0) is 10.0 Å². The third-order valence-corrected chi connectivity index (χ3v) is 8.19. The monoisotopic (exact) mass is 459 g/mol. The summed E-state index contributed by atoms with van der Waals surface area (Å²) in [7, 11) is -3.74. The van der Waals surface area contributed by atoms with Crippen LogP contribution in [0.1, 0.15) is 41.8 Å². The molecule has 33 heavy (non-hydrogen) atoms. The normalized spacial score (nSPS) is 19.5. The van der Waals surface area contributed by atoms with Gasteiger partial charge in [0, 0.05) is 17.7 Å². The zero-order valence-electron chi connectivity index (χ0n) is 19.2. The second kappa shape index (κ2) is 9.46. The van der Waals surface area contributed by atoms with Crippen LogP contribution in [0.25, 0.3) is 5.57 Å². The van der Waals surface area contributed by atoms with Crippen LogP contribution in [0.15, 0.2) is 95.4 Å². The smallest absolute Gasteiger partial charge is 0.243 e. The van der Waals surface area contributed by atoms with Gasteiger partial charge in [-0.3, -0.25) is 4.79 Å². The standard InChI is InChI=1S/C28H29NO3S/c1-4-25-27(22-11-7-5-8-12-22)26(28(30)23-13-9-6-10-14-23)21(3)19-29(25)33(31,32)24-17-15-20(2)16-18-24/h5-18,21,25H,4,19H2,1-3H3/t21-,25-/m0/s1. The molecule has 0 radical (unpaired) electrons. The van der Waals surface area contributed by atoms with Gasteiger partial charge in [0.1, 0.15) is 0 Å². The Morgan fingerprint density at radius 1 is 0.909 bits per heavy atom. The Hall–Kier alpha value is -3.02. The van der Waals surface area contributed by atoms with Crippen molar-refractivity contribution in [3.63, 3.8) is 0 Å². The number of hydrogen-bond acceptors (Lipinski definition) is 3. The third-order valence-electron chi connectivity index (χ3n) is 6.30. The van der Waals surface area contributed by atoms with Crippen molar-refractivity contribution in [3.05, 3.63) is 107 Å². The maximum atomic E-state index is 13.8. The molecule has 0 bridgehead atoms. The zero-order chi connectivity index (χ0) is 23.6. The minimum absolute atomic E-state index is 0.0345. The molecule has 0 spiro atoms. The van der Waals surface area contributed by atoms with E-state index >= 15 is 0 Å². The first-order valence-corrected chi connectivity index (χ1v) is 12.8. The Kier molecular flexibility index (Phi) is 6.63. The summed E-state index contributed by atoms with van der Waals surface area (Å²) in [6.45, 7) is 6.12. The number of aryl methyl sites for hydroxylation is 1. The summed E-state index contributed by atoms with van der Waals surface area (Å²) < 4.78 is 29.1. The highest BCUT2D eigenvalue weighted by Gasteiger charge is 2.42. The predicted molar refractivity (Wildman–Crippen MR) is 132 cm³/mol. The molecule has 3 aromatic carbocycles. The molecule has 1 aliphatic rings. The van der Waals surface area contributed by atoms with Gasteiger partial charge in [0.05, 0.1) is 10.9 Å². The molecule has 4 nitrogen and oxygen atoms in total. The van der Waals surface area contributed by atoms with Gasteiger partial charge in [-0.05, 0) is 42.5 Å². The molecule has 1 aliphatic heterocycles. The lowest BCUT2D eigenvalue weighted by Gasteiger charge is -2.40. The molecule has 0 fully saturated rings. The number of ketones is 1. The number of benzene rings is 3. The van der Waals surface area contributed by atoms with Gasteiger partial charge >= 0.3 is 0 Å². The molecule has 0 aromatic heterocycles. The number of carbonyl (C=O) groups excluding carboxylic acids is 1. The fraction of sp³-hybridized carbons (Fsp3) is 0.250. The lowest BCUT2D eigenvalue weighted by atomic mass is 9.79. The Bertz CT molecular complexity index is 1260. The molecule has 4 rings (SSSR count). The molecule has 5 heteroatoms. The van der Waals surface area contributed by atoms with Crippen molar-refractivity contribution in [1.29, 1.82) is 0 Å². The summed E-state index contributed by atoms with van der Waals surface area (Å²) in [6, 6.07) is 25.5. The molecule has 0 N–H and O–H groups in total. The minimum atomic E-state index is -3.74. The second-order valence-corrected chi connectivity index (χ2v) is 10.5. The Morgan fingerprint density at radius 3 is 2.06 bits per heavy atom. The number of Topliss-reactive ketones (excluding diaryl/α,β-unsaturated/α-hetero) is 1. The molecule has 0 saturated heterocycles. The van der Waals surface area contributed by atoms with Crippen molar-refractivity contribution in [1.82, 2.24) is 4.31 Å². The van der Waals surface area contributed by atoms with E-state index in [1.807, 2.05) is 93.6 Å². The fourth-order valence-corrected chi connectivity index (χ4v) is 6.41. The van der Waals surface area contributed by atoms with Crippen molar-refractivity contribution in [2.45, 2.75) is 38.1 Å². The summed E-state index contributed by atoms with van der Waals surface area (Å²) in [6.07, 6.45) is 0.563. The van der Waals surface area contributed by atoms with Crippen LogP contribution < -0.4 is 0 Å². The van der Waals surface area contributed by atoms with E-state index in [9.17, 15) is 13.2 Å². The summed E-state index contributed by atoms with van der Waals surface area (Å²) in [5.41, 5.74) is 4.03. The van der Waals surface area contributed by atoms with Crippen molar-refractivity contribution < 1.29 is 13.2 Å². The molecule has 2 atom stereocenters. The van der Waals surface area contributed by atoms with Gasteiger partial charge in [-0.2, -0.15) is 4.31 Å². The summed E-state index contributed by atoms with van der Waals surface area (Å²) in [4.78, 5) is 14.0. The van der Waals surface area contributed by atoms with Crippen LogP contribution in [0, 0.1) is 12.8 Å². The van der Waals surface area contributed by atoms with Gasteiger partial charge < -0.3 is 0 Å². The minimum Gasteiger partial charge on any atom is -0.289 e. The molecular weight excluding hydrogens is 430 g/mol. The summed E-state index contributed by atoms with van der Waals surface area (Å²) >= 11 is 0.